The first-order valence-corrected chi connectivity index (χ1v) is 12.4. The van der Waals surface area contributed by atoms with Crippen molar-refractivity contribution in [1.29, 1.82) is 0 Å². The topological polar surface area (TPSA) is 222 Å². The van der Waals surface area contributed by atoms with Crippen LogP contribution in [0.1, 0.15) is 20.3 Å². The van der Waals surface area contributed by atoms with E-state index >= 15 is 0 Å². The summed E-state index contributed by atoms with van der Waals surface area (Å²) in [4.78, 5) is 37.4. The Labute approximate surface area is 227 Å². The molecule has 214 valence electrons. The molecule has 3 aromatic rings. The second-order valence-electron chi connectivity index (χ2n) is 9.89. The van der Waals surface area contributed by atoms with Gasteiger partial charge in [-0.2, -0.15) is 0 Å². The molecular formula is C27H30N2O11. The molecule has 40 heavy (non-hydrogen) atoms. The number of phenols is 2. The summed E-state index contributed by atoms with van der Waals surface area (Å²) in [5.41, 5.74) is 5.07. The van der Waals surface area contributed by atoms with Crippen molar-refractivity contribution in [2.24, 2.45) is 11.7 Å². The normalized spacial score (nSPS) is 23.6. The molecule has 1 aliphatic heterocycles. The third-order valence-electron chi connectivity index (χ3n) is 6.43. The number of aliphatic hydroxyl groups excluding tert-OH is 3. The summed E-state index contributed by atoms with van der Waals surface area (Å²) < 4.78 is 16.7. The Kier molecular flexibility index (Phi) is 8.30. The predicted molar refractivity (Wildman–Crippen MR) is 139 cm³/mol. The Morgan fingerprint density at radius 3 is 2.33 bits per heavy atom. The summed E-state index contributed by atoms with van der Waals surface area (Å²) in [6, 6.07) is 9.71. The van der Waals surface area contributed by atoms with Crippen molar-refractivity contribution in [3.05, 3.63) is 52.7 Å². The fourth-order valence-corrected chi connectivity index (χ4v) is 4.36. The average Bonchev–Trinajstić information content (AvgIpc) is 2.91. The summed E-state index contributed by atoms with van der Waals surface area (Å²) in [5.74, 6) is -4.02. The van der Waals surface area contributed by atoms with Gasteiger partial charge in [0.25, 0.3) is 5.91 Å². The number of primary amides is 1. The first-order chi connectivity index (χ1) is 18.9. The van der Waals surface area contributed by atoms with Crippen LogP contribution in [0.5, 0.6) is 17.2 Å². The van der Waals surface area contributed by atoms with Gasteiger partial charge < -0.3 is 50.5 Å². The maximum Gasteiger partial charge on any atom is 0.252 e. The quantitative estimate of drug-likeness (QED) is 0.183. The SMILES string of the molecule is CC(C)C[C@H](NC(=O)[C@H]1O[C@@H](Oc2cc3oc(-c4ccccc4)cc(=O)c3c(O)c2O)[C@H](O)[C@@H](O)[C@@H]1O)C(N)=O. The predicted octanol–water partition coefficient (Wildman–Crippen LogP) is 0.0738. The molecule has 2 heterocycles. The van der Waals surface area contributed by atoms with Crippen molar-refractivity contribution >= 4 is 22.8 Å². The second kappa shape index (κ2) is 11.5. The van der Waals surface area contributed by atoms with Gasteiger partial charge in [0, 0.05) is 17.7 Å². The van der Waals surface area contributed by atoms with Crippen molar-refractivity contribution in [1.82, 2.24) is 5.32 Å². The molecule has 13 nitrogen and oxygen atoms in total. The smallest absolute Gasteiger partial charge is 0.252 e. The molecule has 0 spiro atoms. The molecule has 1 aliphatic rings. The molecule has 0 radical (unpaired) electrons. The van der Waals surface area contributed by atoms with Gasteiger partial charge in [0.1, 0.15) is 41.1 Å². The van der Waals surface area contributed by atoms with Gasteiger partial charge in [-0.1, -0.05) is 44.2 Å². The lowest BCUT2D eigenvalue weighted by atomic mass is 9.97. The summed E-state index contributed by atoms with van der Waals surface area (Å²) in [5, 5.41) is 54.4. The molecular weight excluding hydrogens is 528 g/mol. The lowest BCUT2D eigenvalue weighted by Gasteiger charge is -2.39. The third kappa shape index (κ3) is 5.72. The third-order valence-corrected chi connectivity index (χ3v) is 6.43. The van der Waals surface area contributed by atoms with Crippen molar-refractivity contribution in [2.75, 3.05) is 0 Å². The molecule has 0 unspecified atom stereocenters. The average molecular weight is 559 g/mol. The Morgan fingerprint density at radius 2 is 1.70 bits per heavy atom. The van der Waals surface area contributed by atoms with E-state index in [-0.39, 0.29) is 29.1 Å². The number of nitrogens with two attached hydrogens (primary N) is 1. The zero-order chi connectivity index (χ0) is 29.3. The van der Waals surface area contributed by atoms with Crippen LogP contribution in [-0.2, 0) is 14.3 Å². The molecule has 8 N–H and O–H groups in total. The maximum atomic E-state index is 12.9. The monoisotopic (exact) mass is 558 g/mol. The Bertz CT molecular complexity index is 1460. The first-order valence-electron chi connectivity index (χ1n) is 12.4. The molecule has 2 aromatic carbocycles. The Balaban J connectivity index is 1.65. The summed E-state index contributed by atoms with van der Waals surface area (Å²) >= 11 is 0. The highest BCUT2D eigenvalue weighted by Gasteiger charge is 2.48. The minimum Gasteiger partial charge on any atom is -0.504 e. The number of aliphatic hydroxyl groups is 3. The van der Waals surface area contributed by atoms with Crippen LogP contribution in [0.2, 0.25) is 0 Å². The van der Waals surface area contributed by atoms with E-state index in [1.165, 1.54) is 0 Å². The van der Waals surface area contributed by atoms with Gasteiger partial charge in [-0.3, -0.25) is 14.4 Å². The number of ether oxygens (including phenoxy) is 2. The molecule has 1 fully saturated rings. The van der Waals surface area contributed by atoms with Crippen molar-refractivity contribution < 1.29 is 49.0 Å². The van der Waals surface area contributed by atoms with Crippen LogP contribution in [0.15, 0.2) is 51.7 Å². The molecule has 0 aliphatic carbocycles. The van der Waals surface area contributed by atoms with Crippen LogP contribution in [0.3, 0.4) is 0 Å². The van der Waals surface area contributed by atoms with E-state index in [4.69, 9.17) is 19.6 Å². The fourth-order valence-electron chi connectivity index (χ4n) is 4.36. The zero-order valence-corrected chi connectivity index (χ0v) is 21.6. The standard InChI is InChI=1S/C27H30N2O11/c1-11(2)8-13(25(28)36)29-26(37)24-22(34)21(33)23(35)27(40-24)39-17-10-16-18(20(32)19(17)31)14(30)9-15(38-16)12-6-4-3-5-7-12/h3-7,9-11,13,21-24,27,31-35H,8H2,1-2H3,(H2,28,36)(H,29,37)/t13-,21-,22-,23+,24-,27+/m0/s1. The number of amides is 2. The van der Waals surface area contributed by atoms with Crippen LogP contribution >= 0.6 is 0 Å². The number of benzene rings is 2. The lowest BCUT2D eigenvalue weighted by molar-refractivity contribution is -0.267. The number of rotatable bonds is 8. The van der Waals surface area contributed by atoms with Crippen molar-refractivity contribution in [3.63, 3.8) is 0 Å². The van der Waals surface area contributed by atoms with Crippen LogP contribution in [0.4, 0.5) is 0 Å². The van der Waals surface area contributed by atoms with Crippen molar-refractivity contribution in [3.8, 4) is 28.6 Å². The molecule has 1 aromatic heterocycles. The number of hydrogen-bond donors (Lipinski definition) is 7. The highest BCUT2D eigenvalue weighted by atomic mass is 16.7. The molecule has 0 saturated carbocycles. The number of carbonyl (C=O) groups excluding carboxylic acids is 2. The van der Waals surface area contributed by atoms with Gasteiger partial charge in [0.2, 0.25) is 17.9 Å². The van der Waals surface area contributed by atoms with Gasteiger partial charge >= 0.3 is 0 Å². The van der Waals surface area contributed by atoms with Crippen LogP contribution in [0, 0.1) is 5.92 Å². The lowest BCUT2D eigenvalue weighted by Crippen LogP contribution is -2.64. The zero-order valence-electron chi connectivity index (χ0n) is 21.6. The number of nitrogens with one attached hydrogen (secondary N) is 1. The largest absolute Gasteiger partial charge is 0.504 e. The summed E-state index contributed by atoms with van der Waals surface area (Å²) in [6.45, 7) is 3.60. The number of aromatic hydroxyl groups is 2. The number of phenolic OH excluding ortho intramolecular Hbond substituents is 2. The fraction of sp³-hybridized carbons (Fsp3) is 0.370. The minimum atomic E-state index is -1.95. The van der Waals surface area contributed by atoms with E-state index < -0.39 is 71.2 Å². The van der Waals surface area contributed by atoms with E-state index in [2.05, 4.69) is 5.32 Å². The number of hydrogen-bond acceptors (Lipinski definition) is 11. The summed E-state index contributed by atoms with van der Waals surface area (Å²) in [7, 11) is 0. The maximum absolute atomic E-state index is 12.9. The molecule has 0 bridgehead atoms. The van der Waals surface area contributed by atoms with Crippen LogP contribution < -0.4 is 21.2 Å². The number of carbonyl (C=O) groups is 2. The molecule has 13 heteroatoms. The van der Waals surface area contributed by atoms with E-state index in [9.17, 15) is 39.9 Å². The van der Waals surface area contributed by atoms with E-state index in [0.717, 1.165) is 12.1 Å². The number of fused-ring (bicyclic) bond motifs is 1. The highest BCUT2D eigenvalue weighted by Crippen LogP contribution is 2.42. The van der Waals surface area contributed by atoms with E-state index in [1.54, 1.807) is 44.2 Å². The van der Waals surface area contributed by atoms with Gasteiger partial charge in [-0.05, 0) is 12.3 Å². The second-order valence-corrected chi connectivity index (χ2v) is 9.89. The van der Waals surface area contributed by atoms with Gasteiger partial charge in [-0.25, -0.2) is 0 Å². The Morgan fingerprint density at radius 1 is 1.02 bits per heavy atom. The Hall–Kier alpha value is -4.17. The van der Waals surface area contributed by atoms with E-state index in [1.807, 2.05) is 0 Å². The summed E-state index contributed by atoms with van der Waals surface area (Å²) in [6.07, 6.45) is -9.30. The van der Waals surface area contributed by atoms with Crippen LogP contribution in [0.25, 0.3) is 22.3 Å². The van der Waals surface area contributed by atoms with E-state index in [0.29, 0.717) is 5.56 Å². The molecule has 1 saturated heterocycles. The van der Waals surface area contributed by atoms with Crippen molar-refractivity contribution in [2.45, 2.75) is 57.0 Å². The first kappa shape index (κ1) is 28.8. The van der Waals surface area contributed by atoms with Gasteiger partial charge in [-0.15, -0.1) is 0 Å². The minimum absolute atomic E-state index is 0.0236. The van der Waals surface area contributed by atoms with Gasteiger partial charge in [0.15, 0.2) is 23.0 Å². The van der Waals surface area contributed by atoms with Gasteiger partial charge in [0.05, 0.1) is 0 Å². The molecule has 6 atom stereocenters. The van der Waals surface area contributed by atoms with Crippen LogP contribution in [-0.4, -0.2) is 74.1 Å². The molecule has 2 amide bonds. The highest BCUT2D eigenvalue weighted by molar-refractivity contribution is 5.90. The molecule has 4 rings (SSSR count).